The second-order valence-corrected chi connectivity index (χ2v) is 3.51. The zero-order chi connectivity index (χ0) is 13.0. The van der Waals surface area contributed by atoms with E-state index in [4.69, 9.17) is 15.2 Å². The molecule has 0 spiro atoms. The lowest BCUT2D eigenvalue weighted by Gasteiger charge is -2.04. The van der Waals surface area contributed by atoms with Gasteiger partial charge in [0.1, 0.15) is 11.6 Å². The lowest BCUT2D eigenvalue weighted by molar-refractivity contribution is 0.0526. The molecule has 18 heavy (non-hydrogen) atoms. The van der Waals surface area contributed by atoms with Crippen LogP contribution in [0.15, 0.2) is 30.3 Å². The van der Waals surface area contributed by atoms with E-state index in [-0.39, 0.29) is 5.97 Å². The fourth-order valence-corrected chi connectivity index (χ4v) is 1.39. The van der Waals surface area contributed by atoms with Crippen molar-refractivity contribution in [3.05, 3.63) is 35.9 Å². The molecule has 0 aliphatic heterocycles. The Morgan fingerprint density at radius 1 is 1.44 bits per heavy atom. The van der Waals surface area contributed by atoms with Crippen molar-refractivity contribution in [1.82, 2.24) is 10.2 Å². The first kappa shape index (κ1) is 12.0. The number of nitrogens with two attached hydrogens (primary N) is 1. The molecule has 0 fully saturated rings. The van der Waals surface area contributed by atoms with Crippen molar-refractivity contribution in [1.29, 1.82) is 0 Å². The van der Waals surface area contributed by atoms with E-state index in [1.165, 1.54) is 0 Å². The van der Waals surface area contributed by atoms with Crippen LogP contribution in [0.4, 0.5) is 5.82 Å². The normalized spacial score (nSPS) is 10.1. The number of carbonyl (C=O) groups is 1. The number of hydrogen-bond acceptors (Lipinski definition) is 5. The first-order valence-corrected chi connectivity index (χ1v) is 5.45. The fourth-order valence-electron chi connectivity index (χ4n) is 1.39. The van der Waals surface area contributed by atoms with E-state index in [0.29, 0.717) is 29.6 Å². The largest absolute Gasteiger partial charge is 0.462 e. The number of carbonyl (C=O) groups excluding carboxylic acids is 1. The van der Waals surface area contributed by atoms with Crippen LogP contribution in [0.3, 0.4) is 0 Å². The van der Waals surface area contributed by atoms with Crippen molar-refractivity contribution in [2.75, 3.05) is 12.3 Å². The van der Waals surface area contributed by atoms with Crippen LogP contribution in [-0.4, -0.2) is 22.8 Å². The van der Waals surface area contributed by atoms with Crippen LogP contribution in [-0.2, 0) is 4.74 Å². The molecule has 0 unspecified atom stereocenters. The average Bonchev–Trinajstić information content (AvgIpc) is 2.75. The third-order valence-electron chi connectivity index (χ3n) is 2.14. The van der Waals surface area contributed by atoms with Crippen LogP contribution in [0.25, 0.3) is 0 Å². The Morgan fingerprint density at radius 3 is 2.94 bits per heavy atom. The minimum absolute atomic E-state index is 0.333. The van der Waals surface area contributed by atoms with Gasteiger partial charge in [-0.3, -0.25) is 5.10 Å². The van der Waals surface area contributed by atoms with Gasteiger partial charge >= 0.3 is 5.97 Å². The van der Waals surface area contributed by atoms with Crippen LogP contribution in [0.1, 0.15) is 17.3 Å². The maximum atomic E-state index is 11.5. The Labute approximate surface area is 104 Å². The highest BCUT2D eigenvalue weighted by Gasteiger charge is 2.08. The number of nitrogens with zero attached hydrogens (tertiary/aromatic N) is 1. The predicted octanol–water partition coefficient (Wildman–Crippen LogP) is 1.96. The van der Waals surface area contributed by atoms with Crippen molar-refractivity contribution in [2.24, 2.45) is 0 Å². The van der Waals surface area contributed by atoms with E-state index in [1.54, 1.807) is 37.3 Å². The standard InChI is InChI=1S/C12H13N3O3/c1-2-17-12(16)8-4-3-5-9(6-8)18-11-7-10(13)14-15-11/h3-7H,2H2,1H3,(H3,13,14,15). The van der Waals surface area contributed by atoms with Crippen LogP contribution in [0.2, 0.25) is 0 Å². The smallest absolute Gasteiger partial charge is 0.338 e. The lowest BCUT2D eigenvalue weighted by Crippen LogP contribution is -2.04. The van der Waals surface area contributed by atoms with E-state index in [1.807, 2.05) is 0 Å². The molecule has 1 heterocycles. The maximum absolute atomic E-state index is 11.5. The minimum Gasteiger partial charge on any atom is -0.462 e. The molecule has 1 aromatic heterocycles. The second kappa shape index (κ2) is 5.22. The molecule has 0 amide bonds. The van der Waals surface area contributed by atoms with E-state index in [9.17, 15) is 4.79 Å². The van der Waals surface area contributed by atoms with Gasteiger partial charge in [-0.25, -0.2) is 4.79 Å². The number of H-pyrrole nitrogens is 1. The van der Waals surface area contributed by atoms with Gasteiger partial charge in [-0.05, 0) is 25.1 Å². The number of hydrogen-bond donors (Lipinski definition) is 2. The Bertz CT molecular complexity index is 551. The predicted molar refractivity (Wildman–Crippen MR) is 65.5 cm³/mol. The molecule has 0 atom stereocenters. The number of nitrogens with one attached hydrogen (secondary N) is 1. The fraction of sp³-hybridized carbons (Fsp3) is 0.167. The molecule has 1 aromatic carbocycles. The maximum Gasteiger partial charge on any atom is 0.338 e. The summed E-state index contributed by atoms with van der Waals surface area (Å²) < 4.78 is 10.3. The first-order chi connectivity index (χ1) is 8.69. The molecule has 0 saturated carbocycles. The molecule has 2 aromatic rings. The van der Waals surface area contributed by atoms with Crippen LogP contribution in [0.5, 0.6) is 11.6 Å². The summed E-state index contributed by atoms with van der Waals surface area (Å²) in [5.41, 5.74) is 5.91. The molecule has 6 nitrogen and oxygen atoms in total. The summed E-state index contributed by atoms with van der Waals surface area (Å²) in [4.78, 5) is 11.5. The van der Waals surface area contributed by atoms with Crippen LogP contribution >= 0.6 is 0 Å². The molecule has 0 radical (unpaired) electrons. The summed E-state index contributed by atoms with van der Waals surface area (Å²) in [6.07, 6.45) is 0. The summed E-state index contributed by atoms with van der Waals surface area (Å²) in [7, 11) is 0. The number of aromatic nitrogens is 2. The Kier molecular flexibility index (Phi) is 3.47. The van der Waals surface area contributed by atoms with Gasteiger partial charge in [0, 0.05) is 6.07 Å². The molecule has 2 rings (SSSR count). The van der Waals surface area contributed by atoms with Crippen molar-refractivity contribution < 1.29 is 14.3 Å². The molecule has 0 aliphatic rings. The number of benzene rings is 1. The Hall–Kier alpha value is -2.50. The van der Waals surface area contributed by atoms with Gasteiger partial charge in [0.05, 0.1) is 12.2 Å². The minimum atomic E-state index is -0.385. The van der Waals surface area contributed by atoms with Gasteiger partial charge < -0.3 is 15.2 Å². The number of nitrogen functional groups attached to an aromatic ring is 1. The lowest BCUT2D eigenvalue weighted by atomic mass is 10.2. The summed E-state index contributed by atoms with van der Waals surface area (Å²) in [5.74, 6) is 0.858. The highest BCUT2D eigenvalue weighted by molar-refractivity contribution is 5.89. The van der Waals surface area contributed by atoms with Crippen molar-refractivity contribution in [2.45, 2.75) is 6.92 Å². The van der Waals surface area contributed by atoms with E-state index < -0.39 is 0 Å². The van der Waals surface area contributed by atoms with Crippen molar-refractivity contribution in [3.63, 3.8) is 0 Å². The molecular weight excluding hydrogens is 234 g/mol. The third-order valence-corrected chi connectivity index (χ3v) is 2.14. The summed E-state index contributed by atoms with van der Waals surface area (Å²) in [5, 5.41) is 6.39. The second-order valence-electron chi connectivity index (χ2n) is 3.51. The number of aromatic amines is 1. The number of rotatable bonds is 4. The van der Waals surface area contributed by atoms with Crippen LogP contribution in [0, 0.1) is 0 Å². The number of anilines is 1. The summed E-state index contributed by atoms with van der Waals surface area (Å²) in [6, 6.07) is 8.22. The number of ether oxygens (including phenoxy) is 2. The average molecular weight is 247 g/mol. The molecule has 0 aliphatic carbocycles. The molecule has 3 N–H and O–H groups in total. The molecule has 94 valence electrons. The Balaban J connectivity index is 2.14. The number of esters is 1. The quantitative estimate of drug-likeness (QED) is 0.806. The van der Waals surface area contributed by atoms with Crippen LogP contribution < -0.4 is 10.5 Å². The Morgan fingerprint density at radius 2 is 2.28 bits per heavy atom. The highest BCUT2D eigenvalue weighted by Crippen LogP contribution is 2.21. The first-order valence-electron chi connectivity index (χ1n) is 5.45. The van der Waals surface area contributed by atoms with Crippen molar-refractivity contribution >= 4 is 11.8 Å². The zero-order valence-corrected chi connectivity index (χ0v) is 9.84. The van der Waals surface area contributed by atoms with Gasteiger partial charge in [0.25, 0.3) is 0 Å². The topological polar surface area (TPSA) is 90.2 Å². The summed E-state index contributed by atoms with van der Waals surface area (Å²) >= 11 is 0. The monoisotopic (exact) mass is 247 g/mol. The highest BCUT2D eigenvalue weighted by atomic mass is 16.5. The van der Waals surface area contributed by atoms with E-state index in [2.05, 4.69) is 10.2 Å². The van der Waals surface area contributed by atoms with E-state index >= 15 is 0 Å². The van der Waals surface area contributed by atoms with Crippen molar-refractivity contribution in [3.8, 4) is 11.6 Å². The van der Waals surface area contributed by atoms with Gasteiger partial charge in [0.15, 0.2) is 0 Å². The SMILES string of the molecule is CCOC(=O)c1cccc(Oc2cc(N)[nH]n2)c1. The van der Waals surface area contributed by atoms with Gasteiger partial charge in [-0.15, -0.1) is 5.10 Å². The molecule has 0 saturated heterocycles. The van der Waals surface area contributed by atoms with Gasteiger partial charge in [-0.2, -0.15) is 0 Å². The zero-order valence-electron chi connectivity index (χ0n) is 9.84. The van der Waals surface area contributed by atoms with E-state index in [0.717, 1.165) is 0 Å². The molecular formula is C12H13N3O3. The van der Waals surface area contributed by atoms with Gasteiger partial charge in [-0.1, -0.05) is 6.07 Å². The summed E-state index contributed by atoms with van der Waals surface area (Å²) in [6.45, 7) is 2.09. The third kappa shape index (κ3) is 2.79. The molecule has 6 heteroatoms. The molecule has 0 bridgehead atoms. The van der Waals surface area contributed by atoms with Gasteiger partial charge in [0.2, 0.25) is 5.88 Å².